The Balaban J connectivity index is 2.15. The van der Waals surface area contributed by atoms with Crippen molar-refractivity contribution >= 4 is 23.6 Å². The summed E-state index contributed by atoms with van der Waals surface area (Å²) in [6, 6.07) is 3.48. The van der Waals surface area contributed by atoms with Gasteiger partial charge >= 0.3 is 5.97 Å². The fraction of sp³-hybridized carbons (Fsp3) is 0.474. The van der Waals surface area contributed by atoms with Gasteiger partial charge < -0.3 is 15.7 Å². The Morgan fingerprint density at radius 2 is 1.96 bits per heavy atom. The molecule has 146 valence electrons. The average Bonchev–Trinajstić information content (AvgIpc) is 2.60. The minimum atomic E-state index is -1.24. The monoisotopic (exact) mass is 378 g/mol. The number of halogens is 1. The van der Waals surface area contributed by atoms with Crippen LogP contribution in [0.4, 0.5) is 4.39 Å². The van der Waals surface area contributed by atoms with E-state index in [1.165, 1.54) is 25.1 Å². The van der Waals surface area contributed by atoms with Gasteiger partial charge in [-0.05, 0) is 30.4 Å². The highest BCUT2D eigenvalue weighted by Gasteiger charge is 2.35. The first kappa shape index (κ1) is 20.5. The van der Waals surface area contributed by atoms with Gasteiger partial charge in [0.2, 0.25) is 11.8 Å². The van der Waals surface area contributed by atoms with Crippen molar-refractivity contribution in [2.75, 3.05) is 0 Å². The van der Waals surface area contributed by atoms with Crippen molar-refractivity contribution in [2.45, 2.75) is 51.1 Å². The number of amides is 2. The summed E-state index contributed by atoms with van der Waals surface area (Å²) < 4.78 is 13.9. The summed E-state index contributed by atoms with van der Waals surface area (Å²) in [5.74, 6) is -3.51. The molecule has 0 saturated heterocycles. The molecule has 0 spiro atoms. The van der Waals surface area contributed by atoms with E-state index in [0.717, 1.165) is 0 Å². The number of carboxylic acids is 1. The van der Waals surface area contributed by atoms with Crippen molar-refractivity contribution in [3.8, 4) is 0 Å². The van der Waals surface area contributed by atoms with Gasteiger partial charge in [0.05, 0.1) is 0 Å². The summed E-state index contributed by atoms with van der Waals surface area (Å²) in [4.78, 5) is 47.4. The zero-order chi connectivity index (χ0) is 20.0. The fourth-order valence-electron chi connectivity index (χ4n) is 3.32. The Labute approximate surface area is 156 Å². The highest BCUT2D eigenvalue weighted by Crippen LogP contribution is 2.24. The van der Waals surface area contributed by atoms with Crippen LogP contribution in [0.1, 0.15) is 38.2 Å². The molecule has 1 aliphatic rings. The second-order valence-corrected chi connectivity index (χ2v) is 6.77. The van der Waals surface area contributed by atoms with Crippen molar-refractivity contribution in [3.05, 3.63) is 35.6 Å². The summed E-state index contributed by atoms with van der Waals surface area (Å²) in [5.41, 5.74) is 0.228. The number of carbonyl (C=O) groups excluding carboxylic acids is 3. The Bertz CT molecular complexity index is 737. The molecule has 1 fully saturated rings. The van der Waals surface area contributed by atoms with E-state index in [1.54, 1.807) is 6.07 Å². The van der Waals surface area contributed by atoms with Crippen LogP contribution in [-0.2, 0) is 25.6 Å². The van der Waals surface area contributed by atoms with Gasteiger partial charge in [0.25, 0.3) is 0 Å². The van der Waals surface area contributed by atoms with E-state index in [9.17, 15) is 28.7 Å². The Morgan fingerprint density at radius 3 is 2.56 bits per heavy atom. The van der Waals surface area contributed by atoms with Gasteiger partial charge in [0.15, 0.2) is 0 Å². The van der Waals surface area contributed by atoms with Gasteiger partial charge in [-0.2, -0.15) is 0 Å². The molecule has 8 heteroatoms. The smallest absolute Gasteiger partial charge is 0.326 e. The third kappa shape index (κ3) is 5.87. The van der Waals surface area contributed by atoms with Crippen molar-refractivity contribution < 1.29 is 28.7 Å². The molecule has 0 aliphatic heterocycles. The van der Waals surface area contributed by atoms with Crippen LogP contribution in [0.3, 0.4) is 0 Å². The van der Waals surface area contributed by atoms with Crippen molar-refractivity contribution in [2.24, 2.45) is 5.92 Å². The van der Waals surface area contributed by atoms with Crippen LogP contribution >= 0.6 is 0 Å². The second-order valence-electron chi connectivity index (χ2n) is 6.77. The maximum Gasteiger partial charge on any atom is 0.326 e. The maximum absolute atomic E-state index is 13.9. The maximum atomic E-state index is 13.9. The fourth-order valence-corrected chi connectivity index (χ4v) is 3.32. The lowest BCUT2D eigenvalue weighted by Crippen LogP contribution is -2.54. The number of aliphatic carboxylic acids is 1. The molecule has 27 heavy (non-hydrogen) atoms. The molecule has 2 rings (SSSR count). The normalized spacial score (nSPS) is 19.0. The van der Waals surface area contributed by atoms with Gasteiger partial charge in [0.1, 0.15) is 23.7 Å². The Hall–Kier alpha value is -2.77. The summed E-state index contributed by atoms with van der Waals surface area (Å²) in [6.07, 6.45) is 1.48. The number of benzene rings is 1. The lowest BCUT2D eigenvalue weighted by atomic mass is 9.83. The van der Waals surface area contributed by atoms with E-state index < -0.39 is 41.6 Å². The van der Waals surface area contributed by atoms with Gasteiger partial charge in [-0.3, -0.25) is 14.4 Å². The number of carbonyl (C=O) groups is 4. The largest absolute Gasteiger partial charge is 0.480 e. The Kier molecular flexibility index (Phi) is 7.04. The average molecular weight is 378 g/mol. The first-order valence-electron chi connectivity index (χ1n) is 8.83. The molecule has 7 nitrogen and oxygen atoms in total. The first-order valence-corrected chi connectivity index (χ1v) is 8.83. The summed E-state index contributed by atoms with van der Waals surface area (Å²) in [7, 11) is 0. The van der Waals surface area contributed by atoms with E-state index in [2.05, 4.69) is 10.6 Å². The number of carboxylic acid groups (broad SMARTS) is 1. The van der Waals surface area contributed by atoms with E-state index >= 15 is 0 Å². The third-order valence-corrected chi connectivity index (χ3v) is 4.63. The van der Waals surface area contributed by atoms with E-state index in [-0.39, 0.29) is 24.2 Å². The molecule has 0 unspecified atom stereocenters. The number of ketones is 1. The van der Waals surface area contributed by atoms with Gasteiger partial charge in [-0.1, -0.05) is 18.2 Å². The molecule has 2 amide bonds. The molecular formula is C19H23FN2O5. The topological polar surface area (TPSA) is 113 Å². The summed E-state index contributed by atoms with van der Waals surface area (Å²) in [6.45, 7) is 1.22. The lowest BCUT2D eigenvalue weighted by molar-refractivity contribution is -0.144. The highest BCUT2D eigenvalue weighted by atomic mass is 19.1. The molecule has 0 bridgehead atoms. The van der Waals surface area contributed by atoms with Crippen LogP contribution in [0.15, 0.2) is 24.3 Å². The SMILES string of the molecule is CC(=O)N[C@H](Cc1ccccc1F)C(=O)N[C@H](C(=O)O)[C@H]1CCCC(=O)C1. The molecular weight excluding hydrogens is 355 g/mol. The van der Waals surface area contributed by atoms with Crippen LogP contribution < -0.4 is 10.6 Å². The van der Waals surface area contributed by atoms with Crippen molar-refractivity contribution in [1.29, 1.82) is 0 Å². The van der Waals surface area contributed by atoms with Crippen LogP contribution in [0.2, 0.25) is 0 Å². The first-order chi connectivity index (χ1) is 12.8. The second kappa shape index (κ2) is 9.25. The lowest BCUT2D eigenvalue weighted by Gasteiger charge is -2.29. The quantitative estimate of drug-likeness (QED) is 0.660. The van der Waals surface area contributed by atoms with E-state index in [1.807, 2.05) is 0 Å². The standard InChI is InChI=1S/C19H23FN2O5/c1-11(23)21-16(10-12-5-2-3-8-15(12)20)18(25)22-17(19(26)27)13-6-4-7-14(24)9-13/h2-3,5,8,13,16-17H,4,6-7,9-10H2,1H3,(H,21,23)(H,22,25)(H,26,27)/t13-,16+,17-/m0/s1. The molecule has 3 N–H and O–H groups in total. The number of Topliss-reactive ketones (excluding diaryl/α,β-unsaturated/α-hetero) is 1. The van der Waals surface area contributed by atoms with Crippen molar-refractivity contribution in [3.63, 3.8) is 0 Å². The molecule has 1 aromatic rings. The molecule has 0 heterocycles. The van der Waals surface area contributed by atoms with Gasteiger partial charge in [0, 0.05) is 26.2 Å². The summed E-state index contributed by atoms with van der Waals surface area (Å²) in [5, 5.41) is 14.3. The third-order valence-electron chi connectivity index (χ3n) is 4.63. The molecule has 1 saturated carbocycles. The molecule has 0 radical (unpaired) electrons. The number of nitrogens with one attached hydrogen (secondary N) is 2. The van der Waals surface area contributed by atoms with Crippen LogP contribution in [0, 0.1) is 11.7 Å². The van der Waals surface area contributed by atoms with Crippen LogP contribution in [-0.4, -0.2) is 40.8 Å². The number of hydrogen-bond donors (Lipinski definition) is 3. The van der Waals surface area contributed by atoms with E-state index in [0.29, 0.717) is 19.3 Å². The number of rotatable bonds is 7. The molecule has 1 aliphatic carbocycles. The minimum absolute atomic E-state index is 0.0310. The van der Waals surface area contributed by atoms with Crippen LogP contribution in [0.25, 0.3) is 0 Å². The van der Waals surface area contributed by atoms with E-state index in [4.69, 9.17) is 0 Å². The zero-order valence-electron chi connectivity index (χ0n) is 15.0. The summed E-state index contributed by atoms with van der Waals surface area (Å²) >= 11 is 0. The molecule has 3 atom stereocenters. The van der Waals surface area contributed by atoms with Gasteiger partial charge in [-0.25, -0.2) is 9.18 Å². The zero-order valence-corrected chi connectivity index (χ0v) is 15.0. The van der Waals surface area contributed by atoms with Crippen molar-refractivity contribution in [1.82, 2.24) is 10.6 Å². The predicted molar refractivity (Wildman–Crippen MR) is 94.2 cm³/mol. The van der Waals surface area contributed by atoms with Gasteiger partial charge in [-0.15, -0.1) is 0 Å². The molecule has 0 aromatic heterocycles. The minimum Gasteiger partial charge on any atom is -0.480 e. The van der Waals surface area contributed by atoms with Crippen LogP contribution in [0.5, 0.6) is 0 Å². The highest BCUT2D eigenvalue weighted by molar-refractivity contribution is 5.90. The molecule has 1 aromatic carbocycles. The number of hydrogen-bond acceptors (Lipinski definition) is 4. The predicted octanol–water partition coefficient (Wildman–Crippen LogP) is 1.20. The Morgan fingerprint density at radius 1 is 1.26 bits per heavy atom.